The van der Waals surface area contributed by atoms with Crippen LogP contribution in [-0.2, 0) is 13.0 Å². The summed E-state index contributed by atoms with van der Waals surface area (Å²) in [5.74, 6) is 1.89. The highest BCUT2D eigenvalue weighted by molar-refractivity contribution is 6.30. The number of ether oxygens (including phenoxy) is 1. The molecule has 1 N–H and O–H groups in total. The number of anilines is 1. The number of nitrogens with zero attached hydrogens (tertiary/aromatic N) is 2. The van der Waals surface area contributed by atoms with Gasteiger partial charge < -0.3 is 10.1 Å². The minimum Gasteiger partial charge on any atom is -0.489 e. The molecule has 2 heterocycles. The topological polar surface area (TPSA) is 39.1 Å². The summed E-state index contributed by atoms with van der Waals surface area (Å²) in [4.78, 5) is 0. The number of fused-ring (bicyclic) bond motifs is 1. The molecule has 0 fully saturated rings. The molecule has 4 nitrogen and oxygen atoms in total. The highest BCUT2D eigenvalue weighted by Gasteiger charge is 2.24. The molecule has 29 heavy (non-hydrogen) atoms. The van der Waals surface area contributed by atoms with Crippen LogP contribution in [0.15, 0.2) is 78.9 Å². The van der Waals surface area contributed by atoms with Crippen molar-refractivity contribution in [1.82, 2.24) is 9.78 Å². The van der Waals surface area contributed by atoms with E-state index in [1.165, 1.54) is 5.56 Å². The quantitative estimate of drug-likeness (QED) is 0.463. The van der Waals surface area contributed by atoms with Crippen LogP contribution >= 0.6 is 11.6 Å². The second-order valence-electron chi connectivity index (χ2n) is 7.04. The summed E-state index contributed by atoms with van der Waals surface area (Å²) in [5.41, 5.74) is 5.40. The van der Waals surface area contributed by atoms with E-state index in [2.05, 4.69) is 23.5 Å². The Morgan fingerprint density at radius 3 is 2.59 bits per heavy atom. The molecule has 3 aromatic carbocycles. The Kier molecular flexibility index (Phi) is 4.70. The Morgan fingerprint density at radius 1 is 0.966 bits per heavy atom. The zero-order valence-corrected chi connectivity index (χ0v) is 16.6. The Labute approximate surface area is 174 Å². The van der Waals surface area contributed by atoms with Crippen molar-refractivity contribution >= 4 is 17.4 Å². The molecular formula is C24H20ClN3O. The lowest BCUT2D eigenvalue weighted by molar-refractivity contribution is 0.306. The third-order valence-electron chi connectivity index (χ3n) is 5.08. The molecule has 0 bridgehead atoms. The minimum absolute atomic E-state index is 0.553. The summed E-state index contributed by atoms with van der Waals surface area (Å²) in [7, 11) is 0. The van der Waals surface area contributed by atoms with E-state index in [0.29, 0.717) is 6.61 Å². The van der Waals surface area contributed by atoms with Gasteiger partial charge in [-0.05, 0) is 48.4 Å². The van der Waals surface area contributed by atoms with E-state index >= 15 is 0 Å². The number of aromatic nitrogens is 2. The Bertz CT molecular complexity index is 1140. The van der Waals surface area contributed by atoms with E-state index in [1.54, 1.807) is 0 Å². The number of benzene rings is 3. The van der Waals surface area contributed by atoms with Crippen LogP contribution in [0.4, 0.5) is 5.82 Å². The number of halogens is 1. The molecule has 0 saturated heterocycles. The maximum atomic E-state index is 6.20. The maximum absolute atomic E-state index is 6.20. The van der Waals surface area contributed by atoms with Crippen LogP contribution in [-0.4, -0.2) is 16.3 Å². The van der Waals surface area contributed by atoms with Crippen molar-refractivity contribution < 1.29 is 4.74 Å². The van der Waals surface area contributed by atoms with E-state index in [4.69, 9.17) is 21.4 Å². The molecule has 0 radical (unpaired) electrons. The van der Waals surface area contributed by atoms with Crippen LogP contribution in [0.5, 0.6) is 5.75 Å². The molecule has 0 amide bonds. The summed E-state index contributed by atoms with van der Waals surface area (Å²) in [6.07, 6.45) is 0.954. The lowest BCUT2D eigenvalue weighted by Gasteiger charge is -2.09. The van der Waals surface area contributed by atoms with E-state index in [1.807, 2.05) is 65.3 Å². The van der Waals surface area contributed by atoms with Gasteiger partial charge in [0.25, 0.3) is 0 Å². The van der Waals surface area contributed by atoms with E-state index in [0.717, 1.165) is 52.1 Å². The van der Waals surface area contributed by atoms with Crippen LogP contribution in [0.2, 0.25) is 5.02 Å². The molecule has 0 spiro atoms. The number of rotatable bonds is 5. The molecule has 4 aromatic rings. The lowest BCUT2D eigenvalue weighted by atomic mass is 10.1. The van der Waals surface area contributed by atoms with Crippen molar-refractivity contribution in [3.63, 3.8) is 0 Å². The van der Waals surface area contributed by atoms with Gasteiger partial charge in [-0.3, -0.25) is 0 Å². The van der Waals surface area contributed by atoms with Crippen LogP contribution in [0.3, 0.4) is 0 Å². The molecule has 1 aliphatic heterocycles. The number of nitrogens with one attached hydrogen (secondary N) is 1. The highest BCUT2D eigenvalue weighted by Crippen LogP contribution is 2.35. The molecule has 0 unspecified atom stereocenters. The van der Waals surface area contributed by atoms with Crippen LogP contribution < -0.4 is 10.1 Å². The highest BCUT2D eigenvalue weighted by atomic mass is 35.5. The molecular weight excluding hydrogens is 382 g/mol. The lowest BCUT2D eigenvalue weighted by Crippen LogP contribution is -2.04. The number of hydrogen-bond donors (Lipinski definition) is 1. The van der Waals surface area contributed by atoms with Crippen molar-refractivity contribution in [2.24, 2.45) is 0 Å². The average Bonchev–Trinajstić information content (AvgIpc) is 3.36. The van der Waals surface area contributed by atoms with Gasteiger partial charge >= 0.3 is 0 Å². The Hall–Kier alpha value is -3.24. The summed E-state index contributed by atoms with van der Waals surface area (Å²) in [5, 5.41) is 9.08. The zero-order valence-electron chi connectivity index (χ0n) is 15.8. The van der Waals surface area contributed by atoms with Gasteiger partial charge in [-0.2, -0.15) is 5.10 Å². The molecule has 144 valence electrons. The van der Waals surface area contributed by atoms with Crippen molar-refractivity contribution in [2.75, 3.05) is 11.9 Å². The number of hydrogen-bond acceptors (Lipinski definition) is 3. The maximum Gasteiger partial charge on any atom is 0.133 e. The first-order valence-electron chi connectivity index (χ1n) is 9.67. The second-order valence-corrected chi connectivity index (χ2v) is 7.48. The van der Waals surface area contributed by atoms with Gasteiger partial charge in [0.2, 0.25) is 0 Å². The fourth-order valence-electron chi connectivity index (χ4n) is 3.65. The second kappa shape index (κ2) is 7.64. The predicted octanol–water partition coefficient (Wildman–Crippen LogP) is 5.74. The smallest absolute Gasteiger partial charge is 0.133 e. The monoisotopic (exact) mass is 401 g/mol. The Morgan fingerprint density at radius 2 is 1.79 bits per heavy atom. The van der Waals surface area contributed by atoms with E-state index < -0.39 is 0 Å². The van der Waals surface area contributed by atoms with Crippen LogP contribution in [0.25, 0.3) is 16.9 Å². The standard InChI is InChI=1S/C24H20ClN3O/c25-19-8-4-7-18(15-19)23-22-13-14-26-24(22)28(27-23)20-9-11-21(12-10-20)29-16-17-5-2-1-3-6-17/h1-12,15,26H,13-14,16H2. The Balaban J connectivity index is 1.42. The van der Waals surface area contributed by atoms with E-state index in [-0.39, 0.29) is 0 Å². The molecule has 0 aliphatic carbocycles. The van der Waals surface area contributed by atoms with Crippen LogP contribution in [0.1, 0.15) is 11.1 Å². The summed E-state index contributed by atoms with van der Waals surface area (Å²) >= 11 is 6.20. The summed E-state index contributed by atoms with van der Waals surface area (Å²) in [6.45, 7) is 1.47. The van der Waals surface area contributed by atoms with Gasteiger partial charge in [0.15, 0.2) is 0 Å². The molecule has 0 saturated carbocycles. The SMILES string of the molecule is Clc1cccc(-c2nn(-c3ccc(OCc4ccccc4)cc3)c3c2CCN3)c1. The zero-order chi connectivity index (χ0) is 19.6. The van der Waals surface area contributed by atoms with Crippen molar-refractivity contribution in [3.05, 3.63) is 95.0 Å². The van der Waals surface area contributed by atoms with Gasteiger partial charge in [-0.1, -0.05) is 54.1 Å². The molecule has 5 rings (SSSR count). The largest absolute Gasteiger partial charge is 0.489 e. The van der Waals surface area contributed by atoms with Crippen molar-refractivity contribution in [1.29, 1.82) is 0 Å². The normalized spacial score (nSPS) is 12.4. The van der Waals surface area contributed by atoms with Gasteiger partial charge in [-0.25, -0.2) is 4.68 Å². The van der Waals surface area contributed by atoms with Crippen molar-refractivity contribution in [2.45, 2.75) is 13.0 Å². The molecule has 1 aliphatic rings. The van der Waals surface area contributed by atoms with Gasteiger partial charge in [0, 0.05) is 22.7 Å². The average molecular weight is 402 g/mol. The third-order valence-corrected chi connectivity index (χ3v) is 5.31. The van der Waals surface area contributed by atoms with Crippen molar-refractivity contribution in [3.8, 4) is 22.7 Å². The molecule has 5 heteroatoms. The van der Waals surface area contributed by atoms with Gasteiger partial charge in [0.1, 0.15) is 18.2 Å². The summed E-state index contributed by atoms with van der Waals surface area (Å²) < 4.78 is 7.88. The molecule has 0 atom stereocenters. The van der Waals surface area contributed by atoms with Crippen LogP contribution in [0, 0.1) is 0 Å². The first-order chi connectivity index (χ1) is 14.3. The van der Waals surface area contributed by atoms with E-state index in [9.17, 15) is 0 Å². The molecule has 1 aromatic heterocycles. The third kappa shape index (κ3) is 3.59. The fraction of sp³-hybridized carbons (Fsp3) is 0.125. The fourth-order valence-corrected chi connectivity index (χ4v) is 3.84. The minimum atomic E-state index is 0.553. The first kappa shape index (κ1) is 17.8. The predicted molar refractivity (Wildman–Crippen MR) is 117 cm³/mol. The van der Waals surface area contributed by atoms with Gasteiger partial charge in [-0.15, -0.1) is 0 Å². The summed E-state index contributed by atoms with van der Waals surface area (Å²) in [6, 6.07) is 26.1. The first-order valence-corrected chi connectivity index (χ1v) is 10.0. The van der Waals surface area contributed by atoms with Gasteiger partial charge in [0.05, 0.1) is 11.4 Å².